The highest BCUT2D eigenvalue weighted by molar-refractivity contribution is 5.87. The molecule has 1 fully saturated rings. The summed E-state index contributed by atoms with van der Waals surface area (Å²) in [6, 6.07) is 9.33. The van der Waals surface area contributed by atoms with Crippen LogP contribution in [0.4, 0.5) is 0 Å². The van der Waals surface area contributed by atoms with Crippen molar-refractivity contribution < 1.29 is 28.2 Å². The first kappa shape index (κ1) is 26.0. The summed E-state index contributed by atoms with van der Waals surface area (Å²) in [6.07, 6.45) is 2.40. The van der Waals surface area contributed by atoms with Gasteiger partial charge >= 0.3 is 0 Å². The Morgan fingerprint density at radius 3 is 2.50 bits per heavy atom. The van der Waals surface area contributed by atoms with E-state index in [9.17, 15) is 9.59 Å². The van der Waals surface area contributed by atoms with Gasteiger partial charge in [0.15, 0.2) is 11.5 Å². The number of carbonyl (C=O) groups is 2. The topological polar surface area (TPSA) is 84.7 Å². The van der Waals surface area contributed by atoms with Gasteiger partial charge < -0.3 is 28.4 Å². The molecule has 0 radical (unpaired) electrons. The van der Waals surface area contributed by atoms with E-state index in [0.29, 0.717) is 36.9 Å². The van der Waals surface area contributed by atoms with Crippen molar-refractivity contribution in [1.29, 1.82) is 0 Å². The molecule has 2 amide bonds. The molecule has 1 aromatic heterocycles. The van der Waals surface area contributed by atoms with Crippen molar-refractivity contribution in [1.82, 2.24) is 14.7 Å². The van der Waals surface area contributed by atoms with Gasteiger partial charge in [-0.3, -0.25) is 14.5 Å². The zero-order chi connectivity index (χ0) is 25.5. The zero-order valence-corrected chi connectivity index (χ0v) is 21.5. The molecule has 1 aromatic carbocycles. The van der Waals surface area contributed by atoms with Crippen molar-refractivity contribution in [2.24, 2.45) is 5.41 Å². The highest BCUT2D eigenvalue weighted by Gasteiger charge is 2.30. The minimum Gasteiger partial charge on any atom is -0.467 e. The summed E-state index contributed by atoms with van der Waals surface area (Å²) in [4.78, 5) is 32.7. The third-order valence-electron chi connectivity index (χ3n) is 6.35. The van der Waals surface area contributed by atoms with E-state index in [2.05, 4.69) is 4.90 Å². The Morgan fingerprint density at radius 2 is 1.78 bits per heavy atom. The third kappa shape index (κ3) is 7.01. The molecule has 0 spiro atoms. The van der Waals surface area contributed by atoms with E-state index in [4.69, 9.17) is 18.6 Å². The van der Waals surface area contributed by atoms with Crippen molar-refractivity contribution >= 4 is 11.8 Å². The van der Waals surface area contributed by atoms with Gasteiger partial charge in [-0.2, -0.15) is 0 Å². The number of benzene rings is 1. The molecule has 2 aromatic rings. The normalized spacial score (nSPS) is 15.6. The first-order chi connectivity index (χ1) is 17.3. The molecule has 3 heterocycles. The third-order valence-corrected chi connectivity index (χ3v) is 6.35. The maximum Gasteiger partial charge on any atom is 0.242 e. The highest BCUT2D eigenvalue weighted by Crippen LogP contribution is 2.33. The lowest BCUT2D eigenvalue weighted by molar-refractivity contribution is -0.146. The standard InChI is InChI=1S/C27H37N3O6/c1-27(2,3)26(32)29(10-5-9-28-11-14-33-15-12-28)19-25(31)30(18-22-6-4-13-34-22)17-21-7-8-23-24(16-21)36-20-35-23/h4,6-8,13,16H,5,9-12,14-15,17-20H2,1-3H3. The summed E-state index contributed by atoms with van der Waals surface area (Å²) in [6.45, 7) is 11.2. The number of hydrogen-bond donors (Lipinski definition) is 0. The predicted octanol–water partition coefficient (Wildman–Crippen LogP) is 3.13. The predicted molar refractivity (Wildman–Crippen MR) is 133 cm³/mol. The molecule has 0 atom stereocenters. The Kier molecular flexibility index (Phi) is 8.53. The lowest BCUT2D eigenvalue weighted by Crippen LogP contribution is -2.47. The molecule has 36 heavy (non-hydrogen) atoms. The van der Waals surface area contributed by atoms with Crippen LogP contribution in [0.5, 0.6) is 11.5 Å². The SMILES string of the molecule is CC(C)(C)C(=O)N(CCCN1CCOCC1)CC(=O)N(Cc1ccc2c(c1)OCO2)Cc1ccco1. The quantitative estimate of drug-likeness (QED) is 0.497. The number of ether oxygens (including phenoxy) is 3. The molecule has 0 bridgehead atoms. The fourth-order valence-corrected chi connectivity index (χ4v) is 4.38. The number of amides is 2. The number of rotatable bonds is 10. The zero-order valence-electron chi connectivity index (χ0n) is 21.5. The van der Waals surface area contributed by atoms with E-state index in [1.54, 1.807) is 22.1 Å². The second-order valence-electron chi connectivity index (χ2n) is 10.3. The van der Waals surface area contributed by atoms with Crippen LogP contribution in [0.15, 0.2) is 41.0 Å². The number of morpholine rings is 1. The minimum atomic E-state index is -0.581. The van der Waals surface area contributed by atoms with Crippen molar-refractivity contribution in [3.05, 3.63) is 47.9 Å². The molecular weight excluding hydrogens is 462 g/mol. The van der Waals surface area contributed by atoms with Gasteiger partial charge in [-0.15, -0.1) is 0 Å². The monoisotopic (exact) mass is 499 g/mol. The molecule has 0 N–H and O–H groups in total. The minimum absolute atomic E-state index is 0.0183. The summed E-state index contributed by atoms with van der Waals surface area (Å²) in [7, 11) is 0. The van der Waals surface area contributed by atoms with Gasteiger partial charge in [0.2, 0.25) is 18.6 Å². The van der Waals surface area contributed by atoms with Crippen molar-refractivity contribution in [2.45, 2.75) is 40.3 Å². The van der Waals surface area contributed by atoms with E-state index in [1.807, 2.05) is 45.0 Å². The van der Waals surface area contributed by atoms with Crippen LogP contribution in [0.1, 0.15) is 38.5 Å². The van der Waals surface area contributed by atoms with Gasteiger partial charge in [-0.1, -0.05) is 26.8 Å². The summed E-state index contributed by atoms with van der Waals surface area (Å²) >= 11 is 0. The Labute approximate surface area is 212 Å². The second kappa shape index (κ2) is 11.8. The molecule has 0 unspecified atom stereocenters. The molecular formula is C27H37N3O6. The first-order valence-electron chi connectivity index (χ1n) is 12.6. The second-order valence-corrected chi connectivity index (χ2v) is 10.3. The fraction of sp³-hybridized carbons (Fsp3) is 0.556. The number of fused-ring (bicyclic) bond motifs is 1. The van der Waals surface area contributed by atoms with Gasteiger partial charge in [0.05, 0.1) is 32.6 Å². The molecule has 2 aliphatic heterocycles. The Hall–Kier alpha value is -3.04. The van der Waals surface area contributed by atoms with Crippen LogP contribution in [0.2, 0.25) is 0 Å². The van der Waals surface area contributed by atoms with Crippen LogP contribution in [-0.4, -0.2) is 79.2 Å². The molecule has 2 aliphatic rings. The molecule has 9 heteroatoms. The molecule has 0 saturated carbocycles. The van der Waals surface area contributed by atoms with Crippen LogP contribution >= 0.6 is 0 Å². The lowest BCUT2D eigenvalue weighted by atomic mass is 9.94. The van der Waals surface area contributed by atoms with Crippen molar-refractivity contribution in [2.75, 3.05) is 52.7 Å². The van der Waals surface area contributed by atoms with Crippen molar-refractivity contribution in [3.63, 3.8) is 0 Å². The van der Waals surface area contributed by atoms with Gasteiger partial charge in [0, 0.05) is 38.1 Å². The Bertz CT molecular complexity index is 1010. The van der Waals surface area contributed by atoms with E-state index < -0.39 is 5.41 Å². The van der Waals surface area contributed by atoms with E-state index in [-0.39, 0.29) is 25.2 Å². The summed E-state index contributed by atoms with van der Waals surface area (Å²) in [5, 5.41) is 0. The molecule has 196 valence electrons. The maximum atomic E-state index is 13.6. The van der Waals surface area contributed by atoms with E-state index in [1.165, 1.54) is 0 Å². The maximum absolute atomic E-state index is 13.6. The average Bonchev–Trinajstić information content (AvgIpc) is 3.54. The van der Waals surface area contributed by atoms with E-state index >= 15 is 0 Å². The largest absolute Gasteiger partial charge is 0.467 e. The van der Waals surface area contributed by atoms with Gasteiger partial charge in [0.1, 0.15) is 5.76 Å². The van der Waals surface area contributed by atoms with Gasteiger partial charge in [-0.25, -0.2) is 0 Å². The highest BCUT2D eigenvalue weighted by atomic mass is 16.7. The lowest BCUT2D eigenvalue weighted by Gasteiger charge is -2.32. The first-order valence-corrected chi connectivity index (χ1v) is 12.6. The van der Waals surface area contributed by atoms with Crippen molar-refractivity contribution in [3.8, 4) is 11.5 Å². The van der Waals surface area contributed by atoms with Crippen LogP contribution in [0.25, 0.3) is 0 Å². The number of nitrogens with zero attached hydrogens (tertiary/aromatic N) is 3. The molecule has 0 aliphatic carbocycles. The smallest absolute Gasteiger partial charge is 0.242 e. The Morgan fingerprint density at radius 1 is 1.00 bits per heavy atom. The number of carbonyl (C=O) groups excluding carboxylic acids is 2. The number of hydrogen-bond acceptors (Lipinski definition) is 7. The molecule has 1 saturated heterocycles. The molecule has 4 rings (SSSR count). The summed E-state index contributed by atoms with van der Waals surface area (Å²) < 4.78 is 21.9. The number of furan rings is 1. The van der Waals surface area contributed by atoms with Gasteiger partial charge in [-0.05, 0) is 36.2 Å². The van der Waals surface area contributed by atoms with Crippen LogP contribution in [0, 0.1) is 5.41 Å². The average molecular weight is 500 g/mol. The van der Waals surface area contributed by atoms with Crippen LogP contribution in [0.3, 0.4) is 0 Å². The molecule has 9 nitrogen and oxygen atoms in total. The van der Waals surface area contributed by atoms with E-state index in [0.717, 1.165) is 44.8 Å². The Balaban J connectivity index is 1.45. The van der Waals surface area contributed by atoms with Crippen LogP contribution < -0.4 is 9.47 Å². The van der Waals surface area contributed by atoms with Crippen LogP contribution in [-0.2, 0) is 27.4 Å². The fourth-order valence-electron chi connectivity index (χ4n) is 4.38. The summed E-state index contributed by atoms with van der Waals surface area (Å²) in [5.41, 5.74) is 0.336. The summed E-state index contributed by atoms with van der Waals surface area (Å²) in [5.74, 6) is 1.90. The van der Waals surface area contributed by atoms with Gasteiger partial charge in [0.25, 0.3) is 0 Å².